The maximum atomic E-state index is 11.7. The van der Waals surface area contributed by atoms with Crippen molar-refractivity contribution >= 4 is 5.91 Å². The van der Waals surface area contributed by atoms with Crippen LogP contribution in [-0.4, -0.2) is 40.7 Å². The lowest BCUT2D eigenvalue weighted by Crippen LogP contribution is -2.51. The number of carbonyl (C=O) groups is 1. The SMILES string of the molecule is O=C(CCc1ccccc1O)N1CC(CO)C1. The highest BCUT2D eigenvalue weighted by molar-refractivity contribution is 5.77. The van der Waals surface area contributed by atoms with Crippen molar-refractivity contribution in [2.24, 2.45) is 5.92 Å². The number of nitrogens with zero attached hydrogens (tertiary/aromatic N) is 1. The van der Waals surface area contributed by atoms with Crippen LogP contribution in [0.2, 0.25) is 0 Å². The largest absolute Gasteiger partial charge is 0.508 e. The first-order valence-electron chi connectivity index (χ1n) is 5.86. The average molecular weight is 235 g/mol. The molecular formula is C13H17NO3. The molecule has 0 saturated carbocycles. The number of phenolic OH excluding ortho intramolecular Hbond substituents is 1. The van der Waals surface area contributed by atoms with Gasteiger partial charge in [0.15, 0.2) is 0 Å². The number of benzene rings is 1. The second-order valence-corrected chi connectivity index (χ2v) is 4.48. The van der Waals surface area contributed by atoms with Crippen LogP contribution in [-0.2, 0) is 11.2 Å². The van der Waals surface area contributed by atoms with Gasteiger partial charge in [-0.1, -0.05) is 18.2 Å². The van der Waals surface area contributed by atoms with Crippen LogP contribution in [0, 0.1) is 5.92 Å². The van der Waals surface area contributed by atoms with Crippen molar-refractivity contribution in [3.63, 3.8) is 0 Å². The van der Waals surface area contributed by atoms with Gasteiger partial charge in [-0.05, 0) is 18.1 Å². The summed E-state index contributed by atoms with van der Waals surface area (Å²) < 4.78 is 0. The fraction of sp³-hybridized carbons (Fsp3) is 0.462. The number of aryl methyl sites for hydroxylation is 1. The van der Waals surface area contributed by atoms with Crippen molar-refractivity contribution in [3.05, 3.63) is 29.8 Å². The van der Waals surface area contributed by atoms with E-state index in [2.05, 4.69) is 0 Å². The summed E-state index contributed by atoms with van der Waals surface area (Å²) in [5.41, 5.74) is 0.806. The summed E-state index contributed by atoms with van der Waals surface area (Å²) in [6.07, 6.45) is 0.974. The molecule has 4 heteroatoms. The average Bonchev–Trinajstić information content (AvgIpc) is 2.26. The van der Waals surface area contributed by atoms with Gasteiger partial charge in [0.05, 0.1) is 0 Å². The Hall–Kier alpha value is -1.55. The summed E-state index contributed by atoms with van der Waals surface area (Å²) in [5.74, 6) is 0.596. The summed E-state index contributed by atoms with van der Waals surface area (Å²) in [6.45, 7) is 1.48. The van der Waals surface area contributed by atoms with Crippen LogP contribution < -0.4 is 0 Å². The molecule has 1 aliphatic rings. The lowest BCUT2D eigenvalue weighted by Gasteiger charge is -2.38. The van der Waals surface area contributed by atoms with E-state index in [0.717, 1.165) is 5.56 Å². The molecule has 92 valence electrons. The van der Waals surface area contributed by atoms with Crippen molar-refractivity contribution in [3.8, 4) is 5.75 Å². The molecule has 0 atom stereocenters. The number of para-hydroxylation sites is 1. The molecule has 0 bridgehead atoms. The van der Waals surface area contributed by atoms with Gasteiger partial charge in [-0.2, -0.15) is 0 Å². The Morgan fingerprint density at radius 1 is 1.35 bits per heavy atom. The third-order valence-corrected chi connectivity index (χ3v) is 3.17. The minimum Gasteiger partial charge on any atom is -0.508 e. The van der Waals surface area contributed by atoms with Gasteiger partial charge in [0, 0.05) is 32.0 Å². The highest BCUT2D eigenvalue weighted by Crippen LogP contribution is 2.20. The topological polar surface area (TPSA) is 60.8 Å². The summed E-state index contributed by atoms with van der Waals surface area (Å²) >= 11 is 0. The van der Waals surface area contributed by atoms with Crippen molar-refractivity contribution in [1.82, 2.24) is 4.90 Å². The lowest BCUT2D eigenvalue weighted by atomic mass is 10.00. The quantitative estimate of drug-likeness (QED) is 0.810. The van der Waals surface area contributed by atoms with E-state index in [4.69, 9.17) is 5.11 Å². The molecule has 0 radical (unpaired) electrons. The fourth-order valence-corrected chi connectivity index (χ4v) is 2.01. The van der Waals surface area contributed by atoms with Crippen LogP contribution in [0.5, 0.6) is 5.75 Å². The standard InChI is InChI=1S/C13H17NO3/c15-9-10-7-14(8-10)13(17)6-5-11-3-1-2-4-12(11)16/h1-4,10,15-16H,5-9H2. The zero-order chi connectivity index (χ0) is 12.3. The number of aliphatic hydroxyl groups excluding tert-OH is 1. The predicted octanol–water partition coefficient (Wildman–Crippen LogP) is 0.776. The summed E-state index contributed by atoms with van der Waals surface area (Å²) in [5, 5.41) is 18.4. The normalized spacial score (nSPS) is 15.7. The number of aliphatic hydroxyl groups is 1. The van der Waals surface area contributed by atoms with Crippen LogP contribution in [0.4, 0.5) is 0 Å². The minimum absolute atomic E-state index is 0.0953. The third-order valence-electron chi connectivity index (χ3n) is 3.17. The lowest BCUT2D eigenvalue weighted by molar-refractivity contribution is -0.138. The van der Waals surface area contributed by atoms with Crippen LogP contribution in [0.15, 0.2) is 24.3 Å². The number of likely N-dealkylation sites (tertiary alicyclic amines) is 1. The molecule has 1 heterocycles. The Bertz CT molecular complexity index is 399. The number of aromatic hydroxyl groups is 1. The fourth-order valence-electron chi connectivity index (χ4n) is 2.01. The summed E-state index contributed by atoms with van der Waals surface area (Å²) in [6, 6.07) is 7.08. The zero-order valence-electron chi connectivity index (χ0n) is 9.67. The van der Waals surface area contributed by atoms with Crippen LogP contribution in [0.25, 0.3) is 0 Å². The molecule has 2 N–H and O–H groups in total. The molecule has 0 spiro atoms. The van der Waals surface area contributed by atoms with Gasteiger partial charge in [-0.15, -0.1) is 0 Å². The van der Waals surface area contributed by atoms with E-state index in [9.17, 15) is 9.90 Å². The van der Waals surface area contributed by atoms with Gasteiger partial charge in [0.25, 0.3) is 0 Å². The highest BCUT2D eigenvalue weighted by atomic mass is 16.3. The van der Waals surface area contributed by atoms with Gasteiger partial charge in [-0.3, -0.25) is 4.79 Å². The van der Waals surface area contributed by atoms with Gasteiger partial charge in [-0.25, -0.2) is 0 Å². The number of phenols is 1. The van der Waals surface area contributed by atoms with Gasteiger partial charge < -0.3 is 15.1 Å². The van der Waals surface area contributed by atoms with E-state index >= 15 is 0 Å². The zero-order valence-corrected chi connectivity index (χ0v) is 9.67. The van der Waals surface area contributed by atoms with Crippen LogP contribution in [0.3, 0.4) is 0 Å². The van der Waals surface area contributed by atoms with Gasteiger partial charge >= 0.3 is 0 Å². The number of carbonyl (C=O) groups excluding carboxylic acids is 1. The second kappa shape index (κ2) is 5.19. The van der Waals surface area contributed by atoms with E-state index in [0.29, 0.717) is 25.9 Å². The molecule has 1 amide bonds. The molecular weight excluding hydrogens is 218 g/mol. The maximum Gasteiger partial charge on any atom is 0.222 e. The molecule has 0 aliphatic carbocycles. The minimum atomic E-state index is 0.0953. The molecule has 1 aromatic rings. The van der Waals surface area contributed by atoms with E-state index in [1.165, 1.54) is 0 Å². The van der Waals surface area contributed by atoms with Crippen LogP contribution in [0.1, 0.15) is 12.0 Å². The third kappa shape index (κ3) is 2.77. The molecule has 1 aliphatic heterocycles. The molecule has 0 unspecified atom stereocenters. The molecule has 2 rings (SSSR count). The van der Waals surface area contributed by atoms with E-state index in [-0.39, 0.29) is 24.2 Å². The first kappa shape index (κ1) is 11.9. The van der Waals surface area contributed by atoms with Gasteiger partial charge in [0.1, 0.15) is 5.75 Å². The first-order chi connectivity index (χ1) is 8.20. The molecule has 17 heavy (non-hydrogen) atoms. The summed E-state index contributed by atoms with van der Waals surface area (Å²) in [4.78, 5) is 13.5. The smallest absolute Gasteiger partial charge is 0.222 e. The second-order valence-electron chi connectivity index (χ2n) is 4.48. The van der Waals surface area contributed by atoms with Crippen molar-refractivity contribution in [2.75, 3.05) is 19.7 Å². The van der Waals surface area contributed by atoms with Crippen molar-refractivity contribution in [2.45, 2.75) is 12.8 Å². The Kier molecular flexibility index (Phi) is 3.64. The number of rotatable bonds is 4. The Morgan fingerprint density at radius 3 is 2.71 bits per heavy atom. The van der Waals surface area contributed by atoms with E-state index in [1.54, 1.807) is 17.0 Å². The monoisotopic (exact) mass is 235 g/mol. The summed E-state index contributed by atoms with van der Waals surface area (Å²) in [7, 11) is 0. The number of hydrogen-bond donors (Lipinski definition) is 2. The maximum absolute atomic E-state index is 11.7. The van der Waals surface area contributed by atoms with Gasteiger partial charge in [0.2, 0.25) is 5.91 Å². The molecule has 1 fully saturated rings. The molecule has 1 aromatic carbocycles. The van der Waals surface area contributed by atoms with Crippen LogP contribution >= 0.6 is 0 Å². The van der Waals surface area contributed by atoms with Crippen molar-refractivity contribution < 1.29 is 15.0 Å². The number of hydrogen-bond acceptors (Lipinski definition) is 3. The first-order valence-corrected chi connectivity index (χ1v) is 5.86. The van der Waals surface area contributed by atoms with E-state index in [1.807, 2.05) is 12.1 Å². The molecule has 4 nitrogen and oxygen atoms in total. The highest BCUT2D eigenvalue weighted by Gasteiger charge is 2.29. The van der Waals surface area contributed by atoms with Crippen molar-refractivity contribution in [1.29, 1.82) is 0 Å². The molecule has 0 aromatic heterocycles. The Morgan fingerprint density at radius 2 is 2.06 bits per heavy atom. The Balaban J connectivity index is 1.79. The Labute approximate surface area is 100 Å². The molecule has 1 saturated heterocycles. The number of amides is 1. The van der Waals surface area contributed by atoms with E-state index < -0.39 is 0 Å². The predicted molar refractivity (Wildman–Crippen MR) is 63.6 cm³/mol.